The van der Waals surface area contributed by atoms with E-state index in [1.54, 1.807) is 0 Å². The summed E-state index contributed by atoms with van der Waals surface area (Å²) < 4.78 is 15.0. The number of fused-ring (bicyclic) bond motifs is 3. The van der Waals surface area contributed by atoms with E-state index in [9.17, 15) is 0 Å². The highest BCUT2D eigenvalue weighted by atomic mass is 35.5. The van der Waals surface area contributed by atoms with E-state index in [1.807, 2.05) is 26.1 Å². The van der Waals surface area contributed by atoms with Gasteiger partial charge in [-0.3, -0.25) is 0 Å². The largest absolute Gasteiger partial charge is 0.344 e. The van der Waals surface area contributed by atoms with Crippen LogP contribution in [0.3, 0.4) is 0 Å². The molecule has 2 aromatic carbocycles. The SMILES string of the molecule is CC1(C)O[C@@H]2[C@H](O1)[C@@H](c1ccc3ccccc3c1)C[C@H]2n1ccc2c(Cl)ncnc21. The summed E-state index contributed by atoms with van der Waals surface area (Å²) in [6.07, 6.45) is 4.41. The van der Waals surface area contributed by atoms with E-state index in [1.165, 1.54) is 22.7 Å². The molecule has 6 rings (SSSR count). The van der Waals surface area contributed by atoms with Crippen LogP contribution < -0.4 is 0 Å². The molecule has 0 spiro atoms. The van der Waals surface area contributed by atoms with E-state index < -0.39 is 5.79 Å². The Balaban J connectivity index is 1.45. The number of benzene rings is 2. The third-order valence-corrected chi connectivity index (χ3v) is 6.76. The molecule has 3 heterocycles. The average molecular weight is 420 g/mol. The third kappa shape index (κ3) is 2.77. The summed E-state index contributed by atoms with van der Waals surface area (Å²) in [5.74, 6) is -0.375. The molecule has 4 aromatic rings. The number of halogens is 1. The van der Waals surface area contributed by atoms with Crippen LogP contribution in [0.2, 0.25) is 5.15 Å². The van der Waals surface area contributed by atoms with Crippen LogP contribution in [0, 0.1) is 0 Å². The van der Waals surface area contributed by atoms with Crippen LogP contribution in [-0.2, 0) is 9.47 Å². The van der Waals surface area contributed by atoms with E-state index in [0.29, 0.717) is 5.15 Å². The minimum Gasteiger partial charge on any atom is -0.344 e. The molecule has 4 atom stereocenters. The minimum atomic E-state index is -0.612. The Morgan fingerprint density at radius 2 is 1.80 bits per heavy atom. The maximum atomic E-state index is 6.42. The van der Waals surface area contributed by atoms with Gasteiger partial charge in [-0.25, -0.2) is 9.97 Å². The smallest absolute Gasteiger partial charge is 0.163 e. The van der Waals surface area contributed by atoms with Crippen LogP contribution in [0.15, 0.2) is 61.1 Å². The number of hydrogen-bond donors (Lipinski definition) is 0. The molecule has 2 aromatic heterocycles. The maximum absolute atomic E-state index is 6.42. The average Bonchev–Trinajstić information content (AvgIpc) is 3.39. The normalized spacial score (nSPS) is 27.7. The van der Waals surface area contributed by atoms with Gasteiger partial charge in [-0.05, 0) is 42.7 Å². The zero-order valence-electron chi connectivity index (χ0n) is 16.8. The highest BCUT2D eigenvalue weighted by Crippen LogP contribution is 2.51. The summed E-state index contributed by atoms with van der Waals surface area (Å²) in [5.41, 5.74) is 2.13. The van der Waals surface area contributed by atoms with Crippen molar-refractivity contribution in [1.29, 1.82) is 0 Å². The predicted molar refractivity (Wildman–Crippen MR) is 117 cm³/mol. The molecule has 5 nitrogen and oxygen atoms in total. The summed E-state index contributed by atoms with van der Waals surface area (Å²) in [7, 11) is 0. The first-order chi connectivity index (χ1) is 14.5. The van der Waals surface area contributed by atoms with E-state index in [4.69, 9.17) is 21.1 Å². The highest BCUT2D eigenvalue weighted by Gasteiger charge is 2.55. The molecular weight excluding hydrogens is 398 g/mol. The molecule has 152 valence electrons. The van der Waals surface area contributed by atoms with E-state index in [0.717, 1.165) is 17.5 Å². The lowest BCUT2D eigenvalue weighted by atomic mass is 9.93. The van der Waals surface area contributed by atoms with Crippen molar-refractivity contribution in [2.24, 2.45) is 0 Å². The van der Waals surface area contributed by atoms with Crippen LogP contribution in [0.4, 0.5) is 0 Å². The van der Waals surface area contributed by atoms with Crippen molar-refractivity contribution in [3.63, 3.8) is 0 Å². The summed E-state index contributed by atoms with van der Waals surface area (Å²) in [5, 5.41) is 3.84. The first-order valence-electron chi connectivity index (χ1n) is 10.3. The Labute approximate surface area is 179 Å². The van der Waals surface area contributed by atoms with Crippen molar-refractivity contribution in [3.8, 4) is 0 Å². The fourth-order valence-electron chi connectivity index (χ4n) is 5.20. The van der Waals surface area contributed by atoms with E-state index in [-0.39, 0.29) is 24.2 Å². The second-order valence-corrected chi connectivity index (χ2v) is 9.06. The molecule has 1 aliphatic carbocycles. The number of nitrogens with zero attached hydrogens (tertiary/aromatic N) is 3. The van der Waals surface area contributed by atoms with E-state index in [2.05, 4.69) is 57.0 Å². The number of aromatic nitrogens is 3. The van der Waals surface area contributed by atoms with Crippen LogP contribution in [-0.4, -0.2) is 32.5 Å². The summed E-state index contributed by atoms with van der Waals surface area (Å²) in [6, 6.07) is 17.3. The Bertz CT molecular complexity index is 1270. The predicted octanol–water partition coefficient (Wildman–Crippen LogP) is 5.49. The molecule has 1 saturated carbocycles. The van der Waals surface area contributed by atoms with E-state index >= 15 is 0 Å². The van der Waals surface area contributed by atoms with Gasteiger partial charge in [0.1, 0.15) is 23.2 Å². The number of rotatable bonds is 2. The minimum absolute atomic E-state index is 0.0130. The summed E-state index contributed by atoms with van der Waals surface area (Å²) in [4.78, 5) is 8.62. The first kappa shape index (κ1) is 18.3. The van der Waals surface area contributed by atoms with Crippen LogP contribution in [0.1, 0.15) is 37.8 Å². The summed E-state index contributed by atoms with van der Waals surface area (Å²) >= 11 is 6.29. The van der Waals surface area contributed by atoms with Crippen molar-refractivity contribution < 1.29 is 9.47 Å². The molecule has 6 heteroatoms. The van der Waals surface area contributed by atoms with Crippen molar-refractivity contribution in [3.05, 3.63) is 71.8 Å². The van der Waals surface area contributed by atoms with Gasteiger partial charge in [-0.1, -0.05) is 54.1 Å². The number of ether oxygens (including phenoxy) is 2. The zero-order chi connectivity index (χ0) is 20.5. The third-order valence-electron chi connectivity index (χ3n) is 6.45. The Kier molecular flexibility index (Phi) is 3.97. The van der Waals surface area contributed by atoms with Gasteiger partial charge in [0.2, 0.25) is 0 Å². The van der Waals surface area contributed by atoms with Crippen molar-refractivity contribution in [1.82, 2.24) is 14.5 Å². The molecule has 0 N–H and O–H groups in total. The monoisotopic (exact) mass is 419 g/mol. The second-order valence-electron chi connectivity index (χ2n) is 8.71. The van der Waals surface area contributed by atoms with Gasteiger partial charge in [0.25, 0.3) is 0 Å². The quantitative estimate of drug-likeness (QED) is 0.403. The van der Waals surface area contributed by atoms with Crippen LogP contribution >= 0.6 is 11.6 Å². The van der Waals surface area contributed by atoms with Gasteiger partial charge in [0.15, 0.2) is 5.79 Å². The highest BCUT2D eigenvalue weighted by molar-refractivity contribution is 6.33. The Morgan fingerprint density at radius 1 is 1.00 bits per heavy atom. The molecule has 30 heavy (non-hydrogen) atoms. The lowest BCUT2D eigenvalue weighted by molar-refractivity contribution is -0.157. The molecular formula is C24H22ClN3O2. The van der Waals surface area contributed by atoms with Gasteiger partial charge in [0, 0.05) is 12.1 Å². The van der Waals surface area contributed by atoms with Crippen molar-refractivity contribution in [2.45, 2.75) is 50.2 Å². The zero-order valence-corrected chi connectivity index (χ0v) is 17.6. The van der Waals surface area contributed by atoms with Crippen molar-refractivity contribution in [2.75, 3.05) is 0 Å². The topological polar surface area (TPSA) is 49.2 Å². The fourth-order valence-corrected chi connectivity index (χ4v) is 5.39. The van der Waals surface area contributed by atoms with Gasteiger partial charge in [0.05, 0.1) is 17.5 Å². The van der Waals surface area contributed by atoms with Gasteiger partial charge in [-0.15, -0.1) is 0 Å². The lowest BCUT2D eigenvalue weighted by Crippen LogP contribution is -2.27. The maximum Gasteiger partial charge on any atom is 0.163 e. The molecule has 0 amide bonds. The summed E-state index contributed by atoms with van der Waals surface area (Å²) in [6.45, 7) is 3.99. The lowest BCUT2D eigenvalue weighted by Gasteiger charge is -2.24. The molecule has 2 aliphatic rings. The fraction of sp³-hybridized carbons (Fsp3) is 0.333. The Hall–Kier alpha value is -2.47. The molecule has 1 saturated heterocycles. The molecule has 2 fully saturated rings. The van der Waals surface area contributed by atoms with Crippen LogP contribution in [0.5, 0.6) is 0 Å². The second kappa shape index (κ2) is 6.51. The van der Waals surface area contributed by atoms with Crippen LogP contribution in [0.25, 0.3) is 21.8 Å². The molecule has 0 unspecified atom stereocenters. The van der Waals surface area contributed by atoms with Gasteiger partial charge < -0.3 is 14.0 Å². The molecule has 0 bridgehead atoms. The number of hydrogen-bond acceptors (Lipinski definition) is 4. The van der Waals surface area contributed by atoms with Crippen molar-refractivity contribution >= 4 is 33.4 Å². The van der Waals surface area contributed by atoms with Gasteiger partial charge in [-0.2, -0.15) is 0 Å². The molecule has 1 aliphatic heterocycles. The Morgan fingerprint density at radius 3 is 2.67 bits per heavy atom. The molecule has 0 radical (unpaired) electrons. The van der Waals surface area contributed by atoms with Gasteiger partial charge >= 0.3 is 0 Å². The first-order valence-corrected chi connectivity index (χ1v) is 10.7. The standard InChI is InChI=1S/C24H22ClN3O2/c1-24(2)29-20-18(16-8-7-14-5-3-4-6-15(14)11-16)12-19(21(20)30-24)28-10-9-17-22(25)26-13-27-23(17)28/h3-11,13,18-21H,12H2,1-2H3/t18-,19-,20-,21+/m1/s1.